The minimum Gasteiger partial charge on any atom is -0.493 e. The summed E-state index contributed by atoms with van der Waals surface area (Å²) in [5, 5.41) is 16.5. The van der Waals surface area contributed by atoms with E-state index in [4.69, 9.17) is 9.84 Å². The van der Waals surface area contributed by atoms with Crippen molar-refractivity contribution in [3.05, 3.63) is 11.9 Å². The van der Waals surface area contributed by atoms with Crippen LogP contribution in [0.1, 0.15) is 23.3 Å². The summed E-state index contributed by atoms with van der Waals surface area (Å²) in [5.41, 5.74) is 0.137. The molecule has 17 heavy (non-hydrogen) atoms. The lowest BCUT2D eigenvalue weighted by atomic mass is 10.00. The van der Waals surface area contributed by atoms with Gasteiger partial charge in [0, 0.05) is 6.54 Å². The Morgan fingerprint density at radius 2 is 2.59 bits per heavy atom. The van der Waals surface area contributed by atoms with E-state index in [1.165, 1.54) is 18.0 Å². The zero-order valence-corrected chi connectivity index (χ0v) is 9.85. The van der Waals surface area contributed by atoms with Crippen LogP contribution in [0.3, 0.4) is 0 Å². The Labute approximate surface area is 99.6 Å². The van der Waals surface area contributed by atoms with Crippen molar-refractivity contribution in [3.63, 3.8) is 0 Å². The molecular formula is C11H17N3O3. The Bertz CT molecular complexity index is 397. The third-order valence-electron chi connectivity index (χ3n) is 3.06. The van der Waals surface area contributed by atoms with Gasteiger partial charge in [-0.2, -0.15) is 5.10 Å². The summed E-state index contributed by atoms with van der Waals surface area (Å²) < 4.78 is 6.52. The summed E-state index contributed by atoms with van der Waals surface area (Å²) >= 11 is 0. The maximum Gasteiger partial charge on any atom is 0.358 e. The van der Waals surface area contributed by atoms with Crippen molar-refractivity contribution in [2.75, 3.05) is 20.2 Å². The lowest BCUT2D eigenvalue weighted by Crippen LogP contribution is -2.33. The molecule has 0 radical (unpaired) electrons. The number of carboxylic acids is 1. The predicted octanol–water partition coefficient (Wildman–Crippen LogP) is 0.589. The fourth-order valence-corrected chi connectivity index (χ4v) is 2.20. The predicted molar refractivity (Wildman–Crippen MR) is 61.3 cm³/mol. The van der Waals surface area contributed by atoms with E-state index in [-0.39, 0.29) is 5.69 Å². The Morgan fingerprint density at radius 3 is 3.18 bits per heavy atom. The lowest BCUT2D eigenvalue weighted by molar-refractivity contribution is 0.0677. The van der Waals surface area contributed by atoms with E-state index in [0.29, 0.717) is 18.2 Å². The van der Waals surface area contributed by atoms with Crippen molar-refractivity contribution in [2.24, 2.45) is 5.92 Å². The van der Waals surface area contributed by atoms with Gasteiger partial charge in [-0.15, -0.1) is 0 Å². The van der Waals surface area contributed by atoms with Crippen LogP contribution in [0, 0.1) is 5.92 Å². The lowest BCUT2D eigenvalue weighted by Gasteiger charge is -2.22. The van der Waals surface area contributed by atoms with Crippen LogP contribution in [0.15, 0.2) is 6.20 Å². The fraction of sp³-hybridized carbons (Fsp3) is 0.636. The molecule has 1 fully saturated rings. The topological polar surface area (TPSA) is 76.4 Å². The average Bonchev–Trinajstić information content (AvgIpc) is 2.73. The van der Waals surface area contributed by atoms with E-state index in [2.05, 4.69) is 10.4 Å². The van der Waals surface area contributed by atoms with E-state index < -0.39 is 5.97 Å². The number of methoxy groups -OCH3 is 1. The Morgan fingerprint density at radius 1 is 1.76 bits per heavy atom. The van der Waals surface area contributed by atoms with Crippen molar-refractivity contribution in [3.8, 4) is 5.75 Å². The highest BCUT2D eigenvalue weighted by Gasteiger charge is 2.21. The van der Waals surface area contributed by atoms with Crippen molar-refractivity contribution >= 4 is 5.97 Å². The van der Waals surface area contributed by atoms with Gasteiger partial charge < -0.3 is 15.2 Å². The first-order valence-electron chi connectivity index (χ1n) is 5.76. The number of nitrogens with one attached hydrogen (secondary N) is 1. The maximum absolute atomic E-state index is 11.1. The van der Waals surface area contributed by atoms with Gasteiger partial charge in [0.05, 0.1) is 13.3 Å². The number of hydrogen-bond donors (Lipinski definition) is 2. The minimum absolute atomic E-state index is 0.137. The minimum atomic E-state index is -0.997. The summed E-state index contributed by atoms with van der Waals surface area (Å²) in [5.74, 6) is -0.240. The Kier molecular flexibility index (Phi) is 3.63. The van der Waals surface area contributed by atoms with E-state index in [9.17, 15) is 4.79 Å². The molecule has 94 valence electrons. The molecule has 1 aromatic heterocycles. The van der Waals surface area contributed by atoms with Crippen LogP contribution >= 0.6 is 0 Å². The van der Waals surface area contributed by atoms with E-state index in [1.54, 1.807) is 0 Å². The largest absolute Gasteiger partial charge is 0.493 e. The van der Waals surface area contributed by atoms with Crippen LogP contribution in [0.4, 0.5) is 0 Å². The molecule has 0 amide bonds. The molecule has 0 spiro atoms. The number of aromatic nitrogens is 2. The molecule has 0 bridgehead atoms. The molecule has 1 aliphatic heterocycles. The fourth-order valence-electron chi connectivity index (χ4n) is 2.20. The summed E-state index contributed by atoms with van der Waals surface area (Å²) in [6.45, 7) is 2.59. The number of aromatic carboxylic acids is 1. The summed E-state index contributed by atoms with van der Waals surface area (Å²) in [7, 11) is 1.45. The number of piperidine rings is 1. The molecule has 6 nitrogen and oxygen atoms in total. The molecule has 0 aliphatic carbocycles. The molecule has 2 N–H and O–H groups in total. The molecule has 1 unspecified atom stereocenters. The number of ether oxygens (including phenoxy) is 1. The third-order valence-corrected chi connectivity index (χ3v) is 3.06. The summed E-state index contributed by atoms with van der Waals surface area (Å²) in [6.07, 6.45) is 3.69. The van der Waals surface area contributed by atoms with Crippen LogP contribution < -0.4 is 10.1 Å². The molecular weight excluding hydrogens is 222 g/mol. The quantitative estimate of drug-likeness (QED) is 0.804. The Balaban J connectivity index is 2.14. The molecule has 1 saturated heterocycles. The maximum atomic E-state index is 11.1. The van der Waals surface area contributed by atoms with E-state index >= 15 is 0 Å². The van der Waals surface area contributed by atoms with E-state index in [1.807, 2.05) is 0 Å². The van der Waals surface area contributed by atoms with Gasteiger partial charge in [0.25, 0.3) is 0 Å². The van der Waals surface area contributed by atoms with Crippen LogP contribution in [0.2, 0.25) is 0 Å². The van der Waals surface area contributed by atoms with Gasteiger partial charge in [0.2, 0.25) is 0 Å². The highest BCUT2D eigenvalue weighted by molar-refractivity contribution is 5.88. The smallest absolute Gasteiger partial charge is 0.358 e. The zero-order chi connectivity index (χ0) is 12.3. The first-order valence-corrected chi connectivity index (χ1v) is 5.76. The first-order chi connectivity index (χ1) is 8.22. The highest BCUT2D eigenvalue weighted by atomic mass is 16.5. The van der Waals surface area contributed by atoms with Crippen molar-refractivity contribution in [2.45, 2.75) is 19.4 Å². The van der Waals surface area contributed by atoms with Gasteiger partial charge in [-0.05, 0) is 31.8 Å². The normalized spacial score (nSPS) is 20.2. The average molecular weight is 239 g/mol. The van der Waals surface area contributed by atoms with Gasteiger partial charge in [-0.25, -0.2) is 4.79 Å². The van der Waals surface area contributed by atoms with E-state index in [0.717, 1.165) is 25.9 Å². The number of rotatable bonds is 4. The van der Waals surface area contributed by atoms with Crippen LogP contribution in [0.25, 0.3) is 0 Å². The Hall–Kier alpha value is -1.56. The second-order valence-electron chi connectivity index (χ2n) is 4.26. The van der Waals surface area contributed by atoms with Crippen LogP contribution in [-0.2, 0) is 6.54 Å². The third kappa shape index (κ3) is 2.58. The molecule has 6 heteroatoms. The standard InChI is InChI=1S/C11H17N3O3/c1-17-9-6-13-14(10(9)11(15)16)7-8-3-2-4-12-5-8/h6,8,12H,2-5,7H2,1H3,(H,15,16). The SMILES string of the molecule is COc1cnn(CC2CCCNC2)c1C(=O)O. The van der Waals surface area contributed by atoms with Gasteiger partial charge in [-0.1, -0.05) is 0 Å². The molecule has 0 saturated carbocycles. The molecule has 2 rings (SSSR count). The molecule has 0 aromatic carbocycles. The monoisotopic (exact) mass is 239 g/mol. The second-order valence-corrected chi connectivity index (χ2v) is 4.26. The number of nitrogens with zero attached hydrogens (tertiary/aromatic N) is 2. The van der Waals surface area contributed by atoms with Crippen LogP contribution in [-0.4, -0.2) is 41.1 Å². The highest BCUT2D eigenvalue weighted by Crippen LogP contribution is 2.20. The van der Waals surface area contributed by atoms with Crippen molar-refractivity contribution in [1.82, 2.24) is 15.1 Å². The summed E-state index contributed by atoms with van der Waals surface area (Å²) in [6, 6.07) is 0. The first kappa shape index (κ1) is 11.9. The molecule has 1 aliphatic rings. The van der Waals surface area contributed by atoms with Gasteiger partial charge in [0.1, 0.15) is 0 Å². The van der Waals surface area contributed by atoms with Crippen molar-refractivity contribution < 1.29 is 14.6 Å². The molecule has 1 atom stereocenters. The van der Waals surface area contributed by atoms with Gasteiger partial charge in [0.15, 0.2) is 11.4 Å². The zero-order valence-electron chi connectivity index (χ0n) is 9.85. The number of carbonyl (C=O) groups is 1. The second kappa shape index (κ2) is 5.18. The molecule has 2 heterocycles. The van der Waals surface area contributed by atoms with Gasteiger partial charge >= 0.3 is 5.97 Å². The van der Waals surface area contributed by atoms with Crippen LogP contribution in [0.5, 0.6) is 5.75 Å². The number of carboxylic acid groups (broad SMARTS) is 1. The molecule has 1 aromatic rings. The summed E-state index contributed by atoms with van der Waals surface area (Å²) in [4.78, 5) is 11.1. The van der Waals surface area contributed by atoms with Gasteiger partial charge in [-0.3, -0.25) is 4.68 Å². The number of hydrogen-bond acceptors (Lipinski definition) is 4. The van der Waals surface area contributed by atoms with Crippen molar-refractivity contribution in [1.29, 1.82) is 0 Å².